The van der Waals surface area contributed by atoms with Gasteiger partial charge >= 0.3 is 0 Å². The molecule has 3 fully saturated rings. The fourth-order valence-electron chi connectivity index (χ4n) is 8.23. The van der Waals surface area contributed by atoms with Gasteiger partial charge in [0.05, 0.1) is 35.1 Å². The van der Waals surface area contributed by atoms with Crippen molar-refractivity contribution in [2.45, 2.75) is 115 Å². The van der Waals surface area contributed by atoms with Crippen molar-refractivity contribution in [2.75, 3.05) is 0 Å². The molecular weight excluding hydrogens is 448 g/mol. The van der Waals surface area contributed by atoms with Crippen molar-refractivity contribution in [3.63, 3.8) is 0 Å². The van der Waals surface area contributed by atoms with Crippen LogP contribution in [0.3, 0.4) is 0 Å². The van der Waals surface area contributed by atoms with Crippen LogP contribution in [-0.4, -0.2) is 71.5 Å². The molecule has 4 rings (SSSR count). The molecule has 0 aromatic heterocycles. The summed E-state index contributed by atoms with van der Waals surface area (Å²) < 4.78 is 0. The Bertz CT molecular complexity index is 932. The summed E-state index contributed by atoms with van der Waals surface area (Å²) in [6.07, 6.45) is 1.27. The van der Waals surface area contributed by atoms with Gasteiger partial charge in [-0.2, -0.15) is 0 Å². The highest BCUT2D eigenvalue weighted by Gasteiger charge is 2.69. The van der Waals surface area contributed by atoms with E-state index in [4.69, 9.17) is 0 Å². The summed E-state index contributed by atoms with van der Waals surface area (Å²) in [5.41, 5.74) is -4.27. The average molecular weight is 493 g/mol. The van der Waals surface area contributed by atoms with Crippen LogP contribution >= 0.6 is 0 Å². The molecule has 6 N–H and O–H groups in total. The lowest BCUT2D eigenvalue weighted by Gasteiger charge is -2.60. The van der Waals surface area contributed by atoms with Crippen molar-refractivity contribution in [3.8, 4) is 0 Å². The third-order valence-electron chi connectivity index (χ3n) is 10.8. The first kappa shape index (κ1) is 27.0. The lowest BCUT2D eigenvalue weighted by molar-refractivity contribution is -0.175. The van der Waals surface area contributed by atoms with Gasteiger partial charge in [-0.15, -0.1) is 0 Å². The van der Waals surface area contributed by atoms with Gasteiger partial charge in [0, 0.05) is 11.3 Å². The van der Waals surface area contributed by atoms with E-state index in [0.29, 0.717) is 43.3 Å². The summed E-state index contributed by atoms with van der Waals surface area (Å²) in [5, 5.41) is 65.9. The minimum Gasteiger partial charge on any atom is -0.390 e. The molecule has 35 heavy (non-hydrogen) atoms. The van der Waals surface area contributed by atoms with Crippen LogP contribution in [0.5, 0.6) is 0 Å². The van der Waals surface area contributed by atoms with Crippen molar-refractivity contribution >= 4 is 5.78 Å². The second kappa shape index (κ2) is 8.20. The second-order valence-electron chi connectivity index (χ2n) is 13.2. The molecule has 7 heteroatoms. The smallest absolute Gasteiger partial charge is 0.159 e. The standard InChI is InChI=1S/C28H44O7/c1-15(24(2,3)33)11-23(32)27(6,34)22-8-10-28(35)17-12-19(29)18-13-20(30)21(31)14-25(18,4)16(17)7-9-26(22,28)5/h12,16,18,20-23,30-35H,1,7-11,13-14H2,2-6H3/t16-,18-,20+,21-,22-,23-,25+,26+,27-,28+/m0/s1. The van der Waals surface area contributed by atoms with Crippen LogP contribution in [0.15, 0.2) is 23.8 Å². The van der Waals surface area contributed by atoms with E-state index in [1.165, 1.54) is 0 Å². The molecular formula is C28H44O7. The van der Waals surface area contributed by atoms with Crippen LogP contribution in [0, 0.1) is 28.6 Å². The maximum Gasteiger partial charge on any atom is 0.159 e. The largest absolute Gasteiger partial charge is 0.390 e. The highest BCUT2D eigenvalue weighted by Crippen LogP contribution is 2.68. The third kappa shape index (κ3) is 3.80. The van der Waals surface area contributed by atoms with E-state index in [-0.39, 0.29) is 24.5 Å². The number of allylic oxidation sites excluding steroid dienone is 1. The molecule has 0 aromatic carbocycles. The molecule has 3 saturated carbocycles. The molecule has 10 atom stereocenters. The van der Waals surface area contributed by atoms with Gasteiger partial charge in [0.1, 0.15) is 0 Å². The van der Waals surface area contributed by atoms with E-state index in [1.54, 1.807) is 26.8 Å². The predicted octanol–water partition coefficient (Wildman–Crippen LogP) is 2.02. The Morgan fingerprint density at radius 3 is 2.34 bits per heavy atom. The number of carbonyl (C=O) groups excluding carboxylic acids is 1. The van der Waals surface area contributed by atoms with E-state index < -0.39 is 57.8 Å². The highest BCUT2D eigenvalue weighted by atomic mass is 16.3. The van der Waals surface area contributed by atoms with Crippen molar-refractivity contribution in [3.05, 3.63) is 23.8 Å². The molecule has 0 spiro atoms. The lowest BCUT2D eigenvalue weighted by atomic mass is 9.45. The molecule has 7 nitrogen and oxygen atoms in total. The Hall–Kier alpha value is -1.09. The molecule has 4 aliphatic carbocycles. The molecule has 0 heterocycles. The summed E-state index contributed by atoms with van der Waals surface area (Å²) in [5.74, 6) is -1.04. The Labute approximate surface area is 208 Å². The van der Waals surface area contributed by atoms with Crippen LogP contribution < -0.4 is 0 Å². The van der Waals surface area contributed by atoms with E-state index in [9.17, 15) is 35.4 Å². The third-order valence-corrected chi connectivity index (χ3v) is 10.8. The van der Waals surface area contributed by atoms with Gasteiger partial charge in [-0.05, 0) is 100 Å². The number of hydrogen-bond donors (Lipinski definition) is 6. The number of aliphatic hydroxyl groups excluding tert-OH is 3. The number of rotatable bonds is 5. The number of hydrogen-bond acceptors (Lipinski definition) is 7. The van der Waals surface area contributed by atoms with Gasteiger partial charge in [0.15, 0.2) is 5.78 Å². The molecule has 0 saturated heterocycles. The normalized spacial score (nSPS) is 46.1. The Kier molecular flexibility index (Phi) is 6.32. The summed E-state index contributed by atoms with van der Waals surface area (Å²) in [4.78, 5) is 13.3. The van der Waals surface area contributed by atoms with Gasteiger partial charge in [-0.1, -0.05) is 20.4 Å². The molecule has 0 aliphatic heterocycles. The monoisotopic (exact) mass is 492 g/mol. The first-order chi connectivity index (χ1) is 15.9. The van der Waals surface area contributed by atoms with Gasteiger partial charge in [0.2, 0.25) is 0 Å². The average Bonchev–Trinajstić information content (AvgIpc) is 3.01. The lowest BCUT2D eigenvalue weighted by Crippen LogP contribution is -2.62. The summed E-state index contributed by atoms with van der Waals surface area (Å²) in [6, 6.07) is 0. The fourth-order valence-corrected chi connectivity index (χ4v) is 8.23. The summed E-state index contributed by atoms with van der Waals surface area (Å²) in [7, 11) is 0. The Balaban J connectivity index is 1.67. The van der Waals surface area contributed by atoms with Crippen molar-refractivity contribution in [2.24, 2.45) is 28.6 Å². The first-order valence-electron chi connectivity index (χ1n) is 13.0. The summed E-state index contributed by atoms with van der Waals surface area (Å²) >= 11 is 0. The molecule has 0 radical (unpaired) electrons. The van der Waals surface area contributed by atoms with Crippen molar-refractivity contribution in [1.82, 2.24) is 0 Å². The first-order valence-corrected chi connectivity index (χ1v) is 13.0. The predicted molar refractivity (Wildman–Crippen MR) is 131 cm³/mol. The SMILES string of the molecule is C=C(C[C@H](O)[C@@](C)(O)[C@H]1CC[C@@]2(O)C3=CC(=O)[C@@H]4C[C@@H](O)[C@@H](O)C[C@]4(C)[C@H]3CC[C@]12C)C(C)(C)O. The summed E-state index contributed by atoms with van der Waals surface area (Å²) in [6.45, 7) is 12.6. The van der Waals surface area contributed by atoms with Crippen LogP contribution in [-0.2, 0) is 4.79 Å². The zero-order chi connectivity index (χ0) is 26.4. The van der Waals surface area contributed by atoms with Crippen LogP contribution in [0.2, 0.25) is 0 Å². The van der Waals surface area contributed by atoms with E-state index in [0.717, 1.165) is 0 Å². The maximum atomic E-state index is 13.3. The number of ketones is 1. The minimum atomic E-state index is -1.54. The molecule has 4 aliphatic rings. The number of fused-ring (bicyclic) bond motifs is 5. The zero-order valence-corrected chi connectivity index (χ0v) is 21.8. The number of carbonyl (C=O) groups is 1. The quantitative estimate of drug-likeness (QED) is 0.323. The molecule has 0 unspecified atom stereocenters. The fraction of sp³-hybridized carbons (Fsp3) is 0.821. The molecule has 0 aromatic rings. The van der Waals surface area contributed by atoms with Crippen molar-refractivity contribution in [1.29, 1.82) is 0 Å². The van der Waals surface area contributed by atoms with Gasteiger partial charge in [0.25, 0.3) is 0 Å². The minimum absolute atomic E-state index is 0.0330. The van der Waals surface area contributed by atoms with Crippen molar-refractivity contribution < 1.29 is 35.4 Å². The zero-order valence-electron chi connectivity index (χ0n) is 21.8. The molecule has 0 amide bonds. The van der Waals surface area contributed by atoms with Crippen LogP contribution in [0.4, 0.5) is 0 Å². The Morgan fingerprint density at radius 2 is 1.74 bits per heavy atom. The molecule has 198 valence electrons. The maximum absolute atomic E-state index is 13.3. The molecule has 0 bridgehead atoms. The van der Waals surface area contributed by atoms with E-state index in [2.05, 4.69) is 6.58 Å². The van der Waals surface area contributed by atoms with Gasteiger partial charge < -0.3 is 30.6 Å². The topological polar surface area (TPSA) is 138 Å². The Morgan fingerprint density at radius 1 is 1.11 bits per heavy atom. The second-order valence-corrected chi connectivity index (χ2v) is 13.2. The van der Waals surface area contributed by atoms with Gasteiger partial charge in [-0.3, -0.25) is 4.79 Å². The van der Waals surface area contributed by atoms with Crippen LogP contribution in [0.1, 0.15) is 79.6 Å². The number of aliphatic hydroxyl groups is 6. The van der Waals surface area contributed by atoms with E-state index >= 15 is 0 Å². The van der Waals surface area contributed by atoms with Crippen LogP contribution in [0.25, 0.3) is 0 Å². The highest BCUT2D eigenvalue weighted by molar-refractivity contribution is 5.95. The van der Waals surface area contributed by atoms with Gasteiger partial charge in [-0.25, -0.2) is 0 Å². The van der Waals surface area contributed by atoms with E-state index in [1.807, 2.05) is 13.8 Å².